The molecule has 8 heteroatoms. The summed E-state index contributed by atoms with van der Waals surface area (Å²) in [6.07, 6.45) is -3.33. The van der Waals surface area contributed by atoms with E-state index in [4.69, 9.17) is 4.74 Å². The van der Waals surface area contributed by atoms with Crippen LogP contribution < -0.4 is 10.1 Å². The quantitative estimate of drug-likeness (QED) is 0.875. The van der Waals surface area contributed by atoms with Crippen molar-refractivity contribution >= 4 is 17.2 Å². The molecule has 1 atom stereocenters. The van der Waals surface area contributed by atoms with Crippen LogP contribution in [0.2, 0.25) is 0 Å². The first kappa shape index (κ1) is 17.3. The SMILES string of the molecule is C[C@H](Oc1ccccc1C(F)(F)F)C(=O)NCCc1nccs1. The van der Waals surface area contributed by atoms with Gasteiger partial charge < -0.3 is 10.1 Å². The summed E-state index contributed by atoms with van der Waals surface area (Å²) < 4.78 is 43.8. The molecule has 0 fully saturated rings. The van der Waals surface area contributed by atoms with Gasteiger partial charge in [-0.2, -0.15) is 13.2 Å². The van der Waals surface area contributed by atoms with Crippen molar-refractivity contribution in [1.82, 2.24) is 10.3 Å². The van der Waals surface area contributed by atoms with Crippen molar-refractivity contribution in [2.45, 2.75) is 25.6 Å². The smallest absolute Gasteiger partial charge is 0.419 e. The lowest BCUT2D eigenvalue weighted by atomic mass is 10.2. The molecule has 2 aromatic rings. The number of hydrogen-bond donors (Lipinski definition) is 1. The van der Waals surface area contributed by atoms with E-state index in [2.05, 4.69) is 10.3 Å². The maximum atomic E-state index is 12.9. The number of rotatable bonds is 6. The van der Waals surface area contributed by atoms with Crippen LogP contribution in [-0.4, -0.2) is 23.5 Å². The van der Waals surface area contributed by atoms with Crippen molar-refractivity contribution in [3.05, 3.63) is 46.4 Å². The first-order chi connectivity index (χ1) is 10.9. The van der Waals surface area contributed by atoms with Gasteiger partial charge in [-0.1, -0.05) is 12.1 Å². The van der Waals surface area contributed by atoms with E-state index in [-0.39, 0.29) is 5.75 Å². The predicted octanol–water partition coefficient (Wildman–Crippen LogP) is 3.29. The maximum Gasteiger partial charge on any atom is 0.419 e. The van der Waals surface area contributed by atoms with Crippen LogP contribution in [0.15, 0.2) is 35.8 Å². The van der Waals surface area contributed by atoms with E-state index in [1.54, 1.807) is 6.20 Å². The van der Waals surface area contributed by atoms with E-state index in [0.717, 1.165) is 11.1 Å². The van der Waals surface area contributed by atoms with Gasteiger partial charge in [0.25, 0.3) is 5.91 Å². The zero-order chi connectivity index (χ0) is 16.9. The number of thiazole rings is 1. The summed E-state index contributed by atoms with van der Waals surface area (Å²) >= 11 is 1.47. The minimum absolute atomic E-state index is 0.348. The summed E-state index contributed by atoms with van der Waals surface area (Å²) in [5.41, 5.74) is -0.901. The van der Waals surface area contributed by atoms with E-state index in [1.807, 2.05) is 5.38 Å². The van der Waals surface area contributed by atoms with Crippen LogP contribution in [0.5, 0.6) is 5.75 Å². The molecule has 0 aliphatic rings. The number of nitrogens with one attached hydrogen (secondary N) is 1. The van der Waals surface area contributed by atoms with Crippen molar-refractivity contribution in [3.63, 3.8) is 0 Å². The van der Waals surface area contributed by atoms with Crippen molar-refractivity contribution in [3.8, 4) is 5.75 Å². The molecule has 1 aromatic heterocycles. The lowest BCUT2D eigenvalue weighted by Gasteiger charge is -2.18. The van der Waals surface area contributed by atoms with Crippen molar-refractivity contribution in [2.24, 2.45) is 0 Å². The zero-order valence-corrected chi connectivity index (χ0v) is 13.1. The number of amides is 1. The molecule has 0 radical (unpaired) electrons. The molecule has 0 spiro atoms. The Balaban J connectivity index is 1.91. The highest BCUT2D eigenvalue weighted by molar-refractivity contribution is 7.09. The summed E-state index contributed by atoms with van der Waals surface area (Å²) in [5.74, 6) is -0.832. The van der Waals surface area contributed by atoms with Crippen molar-refractivity contribution < 1.29 is 22.7 Å². The number of carbonyl (C=O) groups is 1. The fourth-order valence-corrected chi connectivity index (χ4v) is 2.48. The molecule has 1 heterocycles. The monoisotopic (exact) mass is 344 g/mol. The average molecular weight is 344 g/mol. The second kappa shape index (κ2) is 7.45. The molecule has 0 saturated heterocycles. The number of alkyl halides is 3. The molecule has 0 aliphatic carbocycles. The Hall–Kier alpha value is -2.09. The Morgan fingerprint density at radius 3 is 2.78 bits per heavy atom. The van der Waals surface area contributed by atoms with Crippen LogP contribution in [-0.2, 0) is 17.4 Å². The third-order valence-corrected chi connectivity index (χ3v) is 3.83. The van der Waals surface area contributed by atoms with Gasteiger partial charge in [-0.25, -0.2) is 4.98 Å². The molecule has 1 N–H and O–H groups in total. The number of carbonyl (C=O) groups excluding carboxylic acids is 1. The van der Waals surface area contributed by atoms with Crippen LogP contribution in [0, 0.1) is 0 Å². The fourth-order valence-electron chi connectivity index (χ4n) is 1.86. The lowest BCUT2D eigenvalue weighted by molar-refractivity contribution is -0.140. The number of ether oxygens (including phenoxy) is 1. The Labute approximate surface area is 135 Å². The van der Waals surface area contributed by atoms with Crippen molar-refractivity contribution in [2.75, 3.05) is 6.54 Å². The molecular formula is C15H15F3N2O2S. The lowest BCUT2D eigenvalue weighted by Crippen LogP contribution is -2.37. The fraction of sp³-hybridized carbons (Fsp3) is 0.333. The van der Waals surface area contributed by atoms with Gasteiger partial charge in [0.15, 0.2) is 6.10 Å². The molecule has 2 rings (SSSR count). The van der Waals surface area contributed by atoms with Gasteiger partial charge >= 0.3 is 6.18 Å². The topological polar surface area (TPSA) is 51.2 Å². The summed E-state index contributed by atoms with van der Waals surface area (Å²) in [4.78, 5) is 16.0. The molecule has 124 valence electrons. The van der Waals surface area contributed by atoms with Gasteiger partial charge in [0, 0.05) is 24.5 Å². The third kappa shape index (κ3) is 4.95. The van der Waals surface area contributed by atoms with Gasteiger partial charge in [0.1, 0.15) is 5.75 Å². The van der Waals surface area contributed by atoms with Crippen LogP contribution in [0.1, 0.15) is 17.5 Å². The van der Waals surface area contributed by atoms with Gasteiger partial charge in [0.05, 0.1) is 10.6 Å². The molecule has 1 aromatic carbocycles. The molecule has 0 aliphatic heterocycles. The van der Waals surface area contributed by atoms with Gasteiger partial charge in [-0.05, 0) is 19.1 Å². The summed E-state index contributed by atoms with van der Waals surface area (Å²) in [6, 6.07) is 4.82. The highest BCUT2D eigenvalue weighted by Gasteiger charge is 2.34. The van der Waals surface area contributed by atoms with Gasteiger partial charge in [0.2, 0.25) is 0 Å². The van der Waals surface area contributed by atoms with Gasteiger partial charge in [-0.3, -0.25) is 4.79 Å². The highest BCUT2D eigenvalue weighted by atomic mass is 32.1. The maximum absolute atomic E-state index is 12.9. The zero-order valence-electron chi connectivity index (χ0n) is 12.3. The van der Waals surface area contributed by atoms with E-state index < -0.39 is 23.8 Å². The number of aromatic nitrogens is 1. The molecule has 0 saturated carbocycles. The molecule has 0 bridgehead atoms. The first-order valence-corrected chi connectivity index (χ1v) is 7.75. The van der Waals surface area contributed by atoms with E-state index >= 15 is 0 Å². The second-order valence-corrected chi connectivity index (χ2v) is 5.70. The summed E-state index contributed by atoms with van der Waals surface area (Å²) in [6.45, 7) is 1.76. The Bertz CT molecular complexity index is 644. The normalized spacial score (nSPS) is 12.7. The van der Waals surface area contributed by atoms with E-state index in [1.165, 1.54) is 36.5 Å². The molecular weight excluding hydrogens is 329 g/mol. The minimum atomic E-state index is -4.53. The van der Waals surface area contributed by atoms with Crippen LogP contribution >= 0.6 is 11.3 Å². The highest BCUT2D eigenvalue weighted by Crippen LogP contribution is 2.36. The number of nitrogens with zero attached hydrogens (tertiary/aromatic N) is 1. The number of halogens is 3. The van der Waals surface area contributed by atoms with Crippen LogP contribution in [0.3, 0.4) is 0 Å². The Kier molecular flexibility index (Phi) is 5.59. The molecule has 0 unspecified atom stereocenters. The molecule has 1 amide bonds. The summed E-state index contributed by atoms with van der Waals surface area (Å²) in [7, 11) is 0. The molecule has 23 heavy (non-hydrogen) atoms. The van der Waals surface area contributed by atoms with E-state index in [0.29, 0.717) is 13.0 Å². The Morgan fingerprint density at radius 1 is 1.39 bits per heavy atom. The molecule has 4 nitrogen and oxygen atoms in total. The summed E-state index contributed by atoms with van der Waals surface area (Å²) in [5, 5.41) is 5.33. The number of hydrogen-bond acceptors (Lipinski definition) is 4. The third-order valence-electron chi connectivity index (χ3n) is 2.99. The standard InChI is InChI=1S/C15H15F3N2O2S/c1-10(14(21)20-7-6-13-19-8-9-23-13)22-12-5-3-2-4-11(12)15(16,17)18/h2-5,8-10H,6-7H2,1H3,(H,20,21)/t10-/m0/s1. The Morgan fingerprint density at radius 2 is 2.13 bits per heavy atom. The number of benzene rings is 1. The predicted molar refractivity (Wildman–Crippen MR) is 80.4 cm³/mol. The van der Waals surface area contributed by atoms with Crippen LogP contribution in [0.25, 0.3) is 0 Å². The number of para-hydroxylation sites is 1. The van der Waals surface area contributed by atoms with E-state index in [9.17, 15) is 18.0 Å². The second-order valence-electron chi connectivity index (χ2n) is 4.72. The van der Waals surface area contributed by atoms with Crippen LogP contribution in [0.4, 0.5) is 13.2 Å². The minimum Gasteiger partial charge on any atom is -0.480 e. The van der Waals surface area contributed by atoms with Gasteiger partial charge in [-0.15, -0.1) is 11.3 Å². The van der Waals surface area contributed by atoms with Crippen molar-refractivity contribution in [1.29, 1.82) is 0 Å². The largest absolute Gasteiger partial charge is 0.480 e. The first-order valence-electron chi connectivity index (χ1n) is 6.87. The average Bonchev–Trinajstić information content (AvgIpc) is 3.00.